The topological polar surface area (TPSA) is 102 Å². The number of rotatable bonds is 4. The number of carbonyl (C=O) groups is 1. The molecule has 3 rings (SSSR count). The van der Waals surface area contributed by atoms with Crippen LogP contribution in [0.2, 0.25) is 0 Å². The minimum atomic E-state index is -0.266. The highest BCUT2D eigenvalue weighted by Crippen LogP contribution is 2.23. The van der Waals surface area contributed by atoms with Gasteiger partial charge in [0.1, 0.15) is 18.8 Å². The number of carbonyl (C=O) groups excluding carboxylic acids is 1. The van der Waals surface area contributed by atoms with Gasteiger partial charge >= 0.3 is 0 Å². The van der Waals surface area contributed by atoms with Gasteiger partial charge in [-0.1, -0.05) is 20.8 Å². The van der Waals surface area contributed by atoms with Crippen molar-refractivity contribution in [3.8, 4) is 0 Å². The maximum absolute atomic E-state index is 12.4. The standard InChI is InChI=1S/C15H23N7O2/c1-15(2,3)14-18-13(19-20-14)11-8-21(6-7-24-11)12(23)4-5-22-10-16-9-17-22/h9-11H,4-8H2,1-3H3,(H,18,19,20)/t11-/m1/s1. The number of morpholine rings is 1. The Balaban J connectivity index is 1.59. The SMILES string of the molecule is CC(C)(C)c1n[nH]c([C@H]2CN(C(=O)CCn3cncn3)CCO2)n1. The highest BCUT2D eigenvalue weighted by atomic mass is 16.5. The molecule has 0 radical (unpaired) electrons. The van der Waals surface area contributed by atoms with Crippen LogP contribution in [0.1, 0.15) is 44.9 Å². The van der Waals surface area contributed by atoms with E-state index in [1.54, 1.807) is 11.0 Å². The minimum Gasteiger partial charge on any atom is -0.367 e. The van der Waals surface area contributed by atoms with E-state index in [-0.39, 0.29) is 17.4 Å². The molecule has 0 bridgehead atoms. The molecular formula is C15H23N7O2. The molecule has 1 fully saturated rings. The lowest BCUT2D eigenvalue weighted by molar-refractivity contribution is -0.139. The van der Waals surface area contributed by atoms with Gasteiger partial charge in [0.15, 0.2) is 11.6 Å². The zero-order valence-corrected chi connectivity index (χ0v) is 14.3. The number of ether oxygens (including phenoxy) is 1. The third kappa shape index (κ3) is 3.78. The number of hydrogen-bond donors (Lipinski definition) is 1. The van der Waals surface area contributed by atoms with Crippen LogP contribution < -0.4 is 0 Å². The molecule has 130 valence electrons. The molecule has 1 aliphatic heterocycles. The zero-order chi connectivity index (χ0) is 17.2. The molecule has 1 aliphatic rings. The van der Waals surface area contributed by atoms with Gasteiger partial charge in [0, 0.05) is 18.4 Å². The molecule has 0 spiro atoms. The van der Waals surface area contributed by atoms with Gasteiger partial charge in [-0.25, -0.2) is 9.97 Å². The molecule has 0 aliphatic carbocycles. The predicted octanol–water partition coefficient (Wildman–Crippen LogP) is 0.684. The molecule has 0 saturated carbocycles. The fourth-order valence-corrected chi connectivity index (χ4v) is 2.51. The highest BCUT2D eigenvalue weighted by molar-refractivity contribution is 5.76. The first-order valence-corrected chi connectivity index (χ1v) is 8.08. The molecule has 1 atom stereocenters. The number of aromatic amines is 1. The zero-order valence-electron chi connectivity index (χ0n) is 14.3. The molecule has 0 aromatic carbocycles. The van der Waals surface area contributed by atoms with Crippen LogP contribution in [0, 0.1) is 0 Å². The molecule has 3 heterocycles. The van der Waals surface area contributed by atoms with E-state index in [1.807, 2.05) is 4.90 Å². The Labute approximate surface area is 140 Å². The summed E-state index contributed by atoms with van der Waals surface area (Å²) in [6, 6.07) is 0. The average molecular weight is 333 g/mol. The van der Waals surface area contributed by atoms with Crippen LogP contribution in [-0.4, -0.2) is 60.4 Å². The summed E-state index contributed by atoms with van der Waals surface area (Å²) in [4.78, 5) is 22.6. The van der Waals surface area contributed by atoms with Crippen molar-refractivity contribution in [3.63, 3.8) is 0 Å². The second-order valence-electron chi connectivity index (χ2n) is 6.90. The van der Waals surface area contributed by atoms with Gasteiger partial charge in [-0.2, -0.15) is 10.2 Å². The Bertz CT molecular complexity index is 674. The van der Waals surface area contributed by atoms with Crippen LogP contribution in [0.25, 0.3) is 0 Å². The van der Waals surface area contributed by atoms with Gasteiger partial charge in [0.2, 0.25) is 5.91 Å². The quantitative estimate of drug-likeness (QED) is 0.883. The van der Waals surface area contributed by atoms with Gasteiger partial charge in [-0.15, -0.1) is 0 Å². The molecule has 1 N–H and O–H groups in total. The minimum absolute atomic E-state index is 0.0781. The fraction of sp³-hybridized carbons (Fsp3) is 0.667. The molecule has 9 heteroatoms. The second kappa shape index (κ2) is 6.68. The largest absolute Gasteiger partial charge is 0.367 e. The summed E-state index contributed by atoms with van der Waals surface area (Å²) in [6.45, 7) is 8.26. The smallest absolute Gasteiger partial charge is 0.224 e. The summed E-state index contributed by atoms with van der Waals surface area (Å²) in [6.07, 6.45) is 3.20. The predicted molar refractivity (Wildman–Crippen MR) is 85.0 cm³/mol. The summed E-state index contributed by atoms with van der Waals surface area (Å²) in [7, 11) is 0. The molecular weight excluding hydrogens is 310 g/mol. The number of aromatic nitrogens is 6. The summed E-state index contributed by atoms with van der Waals surface area (Å²) in [5.41, 5.74) is -0.128. The van der Waals surface area contributed by atoms with E-state index in [4.69, 9.17) is 4.74 Å². The van der Waals surface area contributed by atoms with Crippen molar-refractivity contribution >= 4 is 5.91 Å². The lowest BCUT2D eigenvalue weighted by Gasteiger charge is -2.32. The Morgan fingerprint density at radius 3 is 2.96 bits per heavy atom. The molecule has 24 heavy (non-hydrogen) atoms. The van der Waals surface area contributed by atoms with Crippen LogP contribution in [0.3, 0.4) is 0 Å². The third-order valence-corrected chi connectivity index (χ3v) is 3.92. The number of aryl methyl sites for hydroxylation is 1. The maximum Gasteiger partial charge on any atom is 0.224 e. The Hall–Kier alpha value is -2.29. The van der Waals surface area contributed by atoms with Gasteiger partial charge in [0.05, 0.1) is 19.7 Å². The van der Waals surface area contributed by atoms with E-state index >= 15 is 0 Å². The van der Waals surface area contributed by atoms with E-state index in [9.17, 15) is 4.79 Å². The van der Waals surface area contributed by atoms with Crippen molar-refractivity contribution in [2.24, 2.45) is 0 Å². The Morgan fingerprint density at radius 1 is 1.46 bits per heavy atom. The number of H-pyrrole nitrogens is 1. The highest BCUT2D eigenvalue weighted by Gasteiger charge is 2.29. The summed E-state index contributed by atoms with van der Waals surface area (Å²) < 4.78 is 7.42. The molecule has 0 unspecified atom stereocenters. The van der Waals surface area contributed by atoms with E-state index in [0.717, 1.165) is 5.82 Å². The molecule has 2 aromatic rings. The van der Waals surface area contributed by atoms with Gasteiger partial charge in [-0.05, 0) is 0 Å². The Morgan fingerprint density at radius 2 is 2.29 bits per heavy atom. The third-order valence-electron chi connectivity index (χ3n) is 3.92. The first-order valence-electron chi connectivity index (χ1n) is 8.08. The van der Waals surface area contributed by atoms with Crippen molar-refractivity contribution < 1.29 is 9.53 Å². The number of nitrogens with one attached hydrogen (secondary N) is 1. The summed E-state index contributed by atoms with van der Waals surface area (Å²) in [5, 5.41) is 11.2. The Kier molecular flexibility index (Phi) is 4.61. The molecule has 9 nitrogen and oxygen atoms in total. The first-order chi connectivity index (χ1) is 11.4. The average Bonchev–Trinajstić information content (AvgIpc) is 3.23. The molecule has 2 aromatic heterocycles. The van der Waals surface area contributed by atoms with Crippen LogP contribution in [0.15, 0.2) is 12.7 Å². The van der Waals surface area contributed by atoms with Crippen molar-refractivity contribution in [2.45, 2.75) is 45.3 Å². The van der Waals surface area contributed by atoms with Gasteiger partial charge in [-0.3, -0.25) is 14.6 Å². The lowest BCUT2D eigenvalue weighted by atomic mass is 9.96. The van der Waals surface area contributed by atoms with Crippen molar-refractivity contribution in [1.29, 1.82) is 0 Å². The van der Waals surface area contributed by atoms with Crippen LogP contribution in [-0.2, 0) is 21.5 Å². The van der Waals surface area contributed by atoms with Crippen molar-refractivity contribution in [3.05, 3.63) is 24.3 Å². The summed E-state index contributed by atoms with van der Waals surface area (Å²) in [5.74, 6) is 1.50. The van der Waals surface area contributed by atoms with E-state index in [0.29, 0.717) is 38.5 Å². The second-order valence-corrected chi connectivity index (χ2v) is 6.90. The first kappa shape index (κ1) is 16.6. The van der Waals surface area contributed by atoms with E-state index < -0.39 is 0 Å². The van der Waals surface area contributed by atoms with Gasteiger partial charge < -0.3 is 9.64 Å². The van der Waals surface area contributed by atoms with Crippen LogP contribution in [0.4, 0.5) is 0 Å². The summed E-state index contributed by atoms with van der Waals surface area (Å²) >= 11 is 0. The fourth-order valence-electron chi connectivity index (χ4n) is 2.51. The lowest BCUT2D eigenvalue weighted by Crippen LogP contribution is -2.42. The number of amides is 1. The van der Waals surface area contributed by atoms with Crippen LogP contribution >= 0.6 is 0 Å². The van der Waals surface area contributed by atoms with Crippen LogP contribution in [0.5, 0.6) is 0 Å². The number of nitrogens with zero attached hydrogens (tertiary/aromatic N) is 6. The van der Waals surface area contributed by atoms with Crippen molar-refractivity contribution in [2.75, 3.05) is 19.7 Å². The normalized spacial score (nSPS) is 18.8. The monoisotopic (exact) mass is 333 g/mol. The van der Waals surface area contributed by atoms with Gasteiger partial charge in [0.25, 0.3) is 0 Å². The maximum atomic E-state index is 12.4. The molecule has 1 amide bonds. The van der Waals surface area contributed by atoms with E-state index in [1.165, 1.54) is 6.33 Å². The molecule has 1 saturated heterocycles. The van der Waals surface area contributed by atoms with Crippen molar-refractivity contribution in [1.82, 2.24) is 34.8 Å². The number of hydrogen-bond acceptors (Lipinski definition) is 6. The van der Waals surface area contributed by atoms with E-state index in [2.05, 4.69) is 46.0 Å².